The minimum Gasteiger partial charge on any atom is -0.392 e. The summed E-state index contributed by atoms with van der Waals surface area (Å²) in [4.78, 5) is 0. The van der Waals surface area contributed by atoms with E-state index in [0.29, 0.717) is 19.1 Å². The molecule has 1 aliphatic carbocycles. The fraction of sp³-hybridized carbons (Fsp3) is 0.520. The molecule has 158 valence electrons. The van der Waals surface area contributed by atoms with E-state index in [1.165, 1.54) is 29.5 Å². The molecule has 0 unspecified atom stereocenters. The first-order valence-corrected chi connectivity index (χ1v) is 10.7. The number of hydrogen-bond donors (Lipinski definition) is 3. The van der Waals surface area contributed by atoms with Crippen molar-refractivity contribution in [2.24, 2.45) is 5.92 Å². The number of nitrogens with one attached hydrogen (secondary N) is 1. The number of rotatable bonds is 11. The lowest BCUT2D eigenvalue weighted by atomic mass is 9.94. The van der Waals surface area contributed by atoms with E-state index in [1.54, 1.807) is 0 Å². The number of aliphatic hydroxyl groups is 2. The van der Waals surface area contributed by atoms with Crippen molar-refractivity contribution < 1.29 is 14.9 Å². The fourth-order valence-corrected chi connectivity index (χ4v) is 3.79. The van der Waals surface area contributed by atoms with Crippen molar-refractivity contribution in [3.63, 3.8) is 0 Å². The van der Waals surface area contributed by atoms with E-state index in [2.05, 4.69) is 62.5 Å². The molecule has 0 amide bonds. The summed E-state index contributed by atoms with van der Waals surface area (Å²) in [5, 5.41) is 23.1. The zero-order chi connectivity index (χ0) is 20.9. The highest BCUT2D eigenvalue weighted by Crippen LogP contribution is 2.44. The zero-order valence-electron chi connectivity index (χ0n) is 17.9. The fourth-order valence-electron chi connectivity index (χ4n) is 3.79. The minimum atomic E-state index is -0.545. The molecule has 3 rings (SSSR count). The van der Waals surface area contributed by atoms with Crippen LogP contribution in [0.25, 0.3) is 0 Å². The van der Waals surface area contributed by atoms with Gasteiger partial charge in [0.15, 0.2) is 0 Å². The SMILES string of the molecule is Cc1ccccc1[C@H](OC[C@H](O)CNC(C)(C)Cc1ccc(CO)cc1)C1CC1. The van der Waals surface area contributed by atoms with Crippen LogP contribution in [0.15, 0.2) is 48.5 Å². The quantitative estimate of drug-likeness (QED) is 0.538. The third-order valence-electron chi connectivity index (χ3n) is 5.68. The Hall–Kier alpha value is -1.72. The molecule has 1 saturated carbocycles. The van der Waals surface area contributed by atoms with Gasteiger partial charge in [0.2, 0.25) is 0 Å². The third-order valence-corrected chi connectivity index (χ3v) is 5.68. The summed E-state index contributed by atoms with van der Waals surface area (Å²) in [6, 6.07) is 16.4. The Morgan fingerprint density at radius 2 is 1.72 bits per heavy atom. The maximum atomic E-state index is 10.5. The molecule has 4 nitrogen and oxygen atoms in total. The van der Waals surface area contributed by atoms with Gasteiger partial charge in [-0.3, -0.25) is 0 Å². The van der Waals surface area contributed by atoms with E-state index in [9.17, 15) is 5.11 Å². The first kappa shape index (κ1) is 22.0. The van der Waals surface area contributed by atoms with Gasteiger partial charge in [0.25, 0.3) is 0 Å². The predicted octanol–water partition coefficient (Wildman–Crippen LogP) is 3.93. The van der Waals surface area contributed by atoms with Gasteiger partial charge < -0.3 is 20.3 Å². The molecule has 0 saturated heterocycles. The molecule has 0 aromatic heterocycles. The van der Waals surface area contributed by atoms with Crippen molar-refractivity contribution in [3.05, 3.63) is 70.8 Å². The molecule has 0 bridgehead atoms. The lowest BCUT2D eigenvalue weighted by Crippen LogP contribution is -2.46. The molecule has 0 heterocycles. The summed E-state index contributed by atoms with van der Waals surface area (Å²) in [5.41, 5.74) is 4.49. The predicted molar refractivity (Wildman–Crippen MR) is 117 cm³/mol. The average molecular weight is 398 g/mol. The second kappa shape index (κ2) is 9.86. The number of ether oxygens (including phenoxy) is 1. The van der Waals surface area contributed by atoms with Gasteiger partial charge in [-0.1, -0.05) is 48.5 Å². The third kappa shape index (κ3) is 6.65. The van der Waals surface area contributed by atoms with Gasteiger partial charge >= 0.3 is 0 Å². The highest BCUT2D eigenvalue weighted by molar-refractivity contribution is 5.29. The Morgan fingerprint density at radius 3 is 2.34 bits per heavy atom. The summed E-state index contributed by atoms with van der Waals surface area (Å²) in [5.74, 6) is 0.578. The number of aryl methyl sites for hydroxylation is 1. The first-order valence-electron chi connectivity index (χ1n) is 10.7. The number of benzene rings is 2. The van der Waals surface area contributed by atoms with Gasteiger partial charge in [-0.05, 0) is 68.2 Å². The lowest BCUT2D eigenvalue weighted by Gasteiger charge is -2.29. The van der Waals surface area contributed by atoms with E-state index in [1.807, 2.05) is 12.1 Å². The van der Waals surface area contributed by atoms with Gasteiger partial charge in [0, 0.05) is 12.1 Å². The molecule has 2 atom stereocenters. The Labute approximate surface area is 174 Å². The van der Waals surface area contributed by atoms with Crippen LogP contribution in [-0.4, -0.2) is 35.0 Å². The van der Waals surface area contributed by atoms with Crippen LogP contribution < -0.4 is 5.32 Å². The van der Waals surface area contributed by atoms with Gasteiger partial charge in [-0.2, -0.15) is 0 Å². The Kier molecular flexibility index (Phi) is 7.47. The first-order chi connectivity index (χ1) is 13.9. The van der Waals surface area contributed by atoms with Crippen molar-refractivity contribution in [2.45, 2.75) is 64.4 Å². The monoisotopic (exact) mass is 397 g/mol. The standard InChI is InChI=1S/C25H35NO3/c1-18-6-4-5-7-23(18)24(21-12-13-21)29-17-22(28)15-26-25(2,3)14-19-8-10-20(16-27)11-9-19/h4-11,21-22,24,26-28H,12-17H2,1-3H3/t22-,24-/m1/s1. The van der Waals surface area contributed by atoms with Crippen molar-refractivity contribution in [2.75, 3.05) is 13.2 Å². The van der Waals surface area contributed by atoms with Crippen molar-refractivity contribution in [1.29, 1.82) is 0 Å². The van der Waals surface area contributed by atoms with Crippen LogP contribution in [0.5, 0.6) is 0 Å². The van der Waals surface area contributed by atoms with E-state index in [0.717, 1.165) is 12.0 Å². The molecule has 29 heavy (non-hydrogen) atoms. The highest BCUT2D eigenvalue weighted by Gasteiger charge is 2.34. The second-order valence-corrected chi connectivity index (χ2v) is 9.02. The Bertz CT molecular complexity index is 768. The summed E-state index contributed by atoms with van der Waals surface area (Å²) in [6.45, 7) is 7.30. The van der Waals surface area contributed by atoms with Crippen molar-refractivity contribution in [1.82, 2.24) is 5.32 Å². The van der Waals surface area contributed by atoms with Crippen LogP contribution in [0.2, 0.25) is 0 Å². The summed E-state index contributed by atoms with van der Waals surface area (Å²) >= 11 is 0. The minimum absolute atomic E-state index is 0.0679. The lowest BCUT2D eigenvalue weighted by molar-refractivity contribution is -0.0213. The van der Waals surface area contributed by atoms with Crippen molar-refractivity contribution >= 4 is 0 Å². The van der Waals surface area contributed by atoms with Crippen LogP contribution in [0.4, 0.5) is 0 Å². The molecular formula is C25H35NO3. The number of aliphatic hydroxyl groups excluding tert-OH is 2. The number of β-amino-alcohol motifs (C(OH)–C–C–N with tert-alkyl or cyclic N) is 1. The van der Waals surface area contributed by atoms with E-state index < -0.39 is 6.10 Å². The zero-order valence-corrected chi connectivity index (χ0v) is 17.9. The molecule has 0 aliphatic heterocycles. The van der Waals surface area contributed by atoms with Gasteiger partial charge in [-0.15, -0.1) is 0 Å². The molecule has 2 aromatic carbocycles. The maximum absolute atomic E-state index is 10.5. The van der Waals surface area contributed by atoms with E-state index in [4.69, 9.17) is 9.84 Å². The average Bonchev–Trinajstić information content (AvgIpc) is 3.53. The molecule has 4 heteroatoms. The molecular weight excluding hydrogens is 362 g/mol. The maximum Gasteiger partial charge on any atom is 0.0898 e. The van der Waals surface area contributed by atoms with Gasteiger partial charge in [0.1, 0.15) is 0 Å². The molecule has 0 spiro atoms. The summed E-state index contributed by atoms with van der Waals surface area (Å²) in [6.07, 6.45) is 2.80. The topological polar surface area (TPSA) is 61.7 Å². The van der Waals surface area contributed by atoms with Gasteiger partial charge in [0.05, 0.1) is 25.4 Å². The molecule has 3 N–H and O–H groups in total. The molecule has 1 aliphatic rings. The second-order valence-electron chi connectivity index (χ2n) is 9.02. The highest BCUT2D eigenvalue weighted by atomic mass is 16.5. The smallest absolute Gasteiger partial charge is 0.0898 e. The Balaban J connectivity index is 1.48. The molecule has 0 radical (unpaired) electrons. The largest absolute Gasteiger partial charge is 0.392 e. The van der Waals surface area contributed by atoms with E-state index >= 15 is 0 Å². The molecule has 2 aromatic rings. The van der Waals surface area contributed by atoms with Crippen LogP contribution in [-0.2, 0) is 17.8 Å². The van der Waals surface area contributed by atoms with Crippen LogP contribution in [0, 0.1) is 12.8 Å². The van der Waals surface area contributed by atoms with E-state index in [-0.39, 0.29) is 18.2 Å². The molecule has 1 fully saturated rings. The van der Waals surface area contributed by atoms with Crippen LogP contribution >= 0.6 is 0 Å². The summed E-state index contributed by atoms with van der Waals surface area (Å²) < 4.78 is 6.19. The Morgan fingerprint density at radius 1 is 1.07 bits per heavy atom. The van der Waals surface area contributed by atoms with Crippen LogP contribution in [0.1, 0.15) is 55.0 Å². The van der Waals surface area contributed by atoms with Crippen LogP contribution in [0.3, 0.4) is 0 Å². The number of hydrogen-bond acceptors (Lipinski definition) is 4. The van der Waals surface area contributed by atoms with Gasteiger partial charge in [-0.25, -0.2) is 0 Å². The van der Waals surface area contributed by atoms with Crippen molar-refractivity contribution in [3.8, 4) is 0 Å². The summed E-state index contributed by atoms with van der Waals surface area (Å²) in [7, 11) is 0. The normalized spacial score (nSPS) is 16.6.